The van der Waals surface area contributed by atoms with Gasteiger partial charge >= 0.3 is 0 Å². The van der Waals surface area contributed by atoms with Gasteiger partial charge in [0.25, 0.3) is 5.91 Å². The van der Waals surface area contributed by atoms with E-state index in [9.17, 15) is 9.90 Å². The van der Waals surface area contributed by atoms with Crippen molar-refractivity contribution in [1.29, 1.82) is 0 Å². The highest BCUT2D eigenvalue weighted by atomic mass is 16.3. The van der Waals surface area contributed by atoms with Crippen LogP contribution in [0.2, 0.25) is 0 Å². The smallest absolute Gasteiger partial charge is 0.270 e. The van der Waals surface area contributed by atoms with Crippen molar-refractivity contribution < 1.29 is 9.90 Å². The zero-order valence-corrected chi connectivity index (χ0v) is 15.5. The van der Waals surface area contributed by atoms with E-state index in [1.807, 2.05) is 52.0 Å². The number of aromatic nitrogens is 3. The lowest BCUT2D eigenvalue weighted by atomic mass is 9.94. The number of nitrogens with zero attached hydrogens (tertiary/aromatic N) is 3. The van der Waals surface area contributed by atoms with Gasteiger partial charge in [-0.2, -0.15) is 5.10 Å². The van der Waals surface area contributed by atoms with Gasteiger partial charge in [0.15, 0.2) is 0 Å². The zero-order valence-electron chi connectivity index (χ0n) is 15.5. The fourth-order valence-electron chi connectivity index (χ4n) is 3.12. The fraction of sp³-hybridized carbons (Fsp3) is 0.350. The van der Waals surface area contributed by atoms with Gasteiger partial charge in [-0.15, -0.1) is 0 Å². The summed E-state index contributed by atoms with van der Waals surface area (Å²) < 4.78 is 1.69. The highest BCUT2D eigenvalue weighted by molar-refractivity contribution is 5.93. The number of amides is 1. The number of phenols is 1. The summed E-state index contributed by atoms with van der Waals surface area (Å²) in [6.45, 7) is 7.97. The van der Waals surface area contributed by atoms with E-state index in [0.717, 1.165) is 5.39 Å². The Bertz CT molecular complexity index is 930. The summed E-state index contributed by atoms with van der Waals surface area (Å²) in [5, 5.41) is 18.9. The van der Waals surface area contributed by atoms with Crippen LogP contribution >= 0.6 is 0 Å². The van der Waals surface area contributed by atoms with E-state index in [0.29, 0.717) is 16.8 Å². The van der Waals surface area contributed by atoms with Crippen LogP contribution in [0.15, 0.2) is 42.7 Å². The number of phenolic OH excluding ortho intramolecular Hbond substituents is 1. The molecule has 2 aromatic heterocycles. The fourth-order valence-corrected chi connectivity index (χ4v) is 3.12. The molecule has 0 saturated carbocycles. The van der Waals surface area contributed by atoms with Crippen molar-refractivity contribution in [2.24, 2.45) is 5.92 Å². The number of pyridine rings is 1. The monoisotopic (exact) mass is 352 g/mol. The van der Waals surface area contributed by atoms with Crippen LogP contribution in [0.3, 0.4) is 0 Å². The number of benzene rings is 1. The molecule has 3 rings (SSSR count). The maximum Gasteiger partial charge on any atom is 0.270 e. The van der Waals surface area contributed by atoms with Gasteiger partial charge in [0.2, 0.25) is 0 Å². The number of carbonyl (C=O) groups is 1. The van der Waals surface area contributed by atoms with Gasteiger partial charge in [-0.3, -0.25) is 14.5 Å². The minimum absolute atomic E-state index is 0.0847. The summed E-state index contributed by atoms with van der Waals surface area (Å²) >= 11 is 0. The molecule has 0 bridgehead atoms. The van der Waals surface area contributed by atoms with E-state index >= 15 is 0 Å². The first-order valence-electron chi connectivity index (χ1n) is 8.81. The SMILES string of the molecule is CC(C)C(NC(=O)c1ccnn1C(C)C)c1ccc2cccnc2c1O. The predicted octanol–water partition coefficient (Wildman–Crippen LogP) is 3.84. The summed E-state index contributed by atoms with van der Waals surface area (Å²) in [7, 11) is 0. The molecule has 1 atom stereocenters. The molecule has 26 heavy (non-hydrogen) atoms. The first kappa shape index (κ1) is 17.9. The van der Waals surface area contributed by atoms with Gasteiger partial charge in [0, 0.05) is 29.4 Å². The Kier molecular flexibility index (Phi) is 4.93. The van der Waals surface area contributed by atoms with Gasteiger partial charge in [-0.25, -0.2) is 0 Å². The number of carbonyl (C=O) groups excluding carboxylic acids is 1. The molecule has 0 saturated heterocycles. The number of rotatable bonds is 5. The zero-order chi connectivity index (χ0) is 18.8. The van der Waals surface area contributed by atoms with Gasteiger partial charge < -0.3 is 10.4 Å². The van der Waals surface area contributed by atoms with Crippen molar-refractivity contribution in [3.63, 3.8) is 0 Å². The molecule has 136 valence electrons. The van der Waals surface area contributed by atoms with E-state index in [4.69, 9.17) is 0 Å². The van der Waals surface area contributed by atoms with E-state index in [1.165, 1.54) is 0 Å². The molecule has 2 N–H and O–H groups in total. The Balaban J connectivity index is 1.97. The molecule has 3 aromatic rings. The van der Waals surface area contributed by atoms with Crippen LogP contribution in [0, 0.1) is 5.92 Å². The summed E-state index contributed by atoms with van der Waals surface area (Å²) in [4.78, 5) is 17.1. The van der Waals surface area contributed by atoms with Crippen molar-refractivity contribution in [1.82, 2.24) is 20.1 Å². The van der Waals surface area contributed by atoms with Gasteiger partial charge in [-0.05, 0) is 31.9 Å². The van der Waals surface area contributed by atoms with Crippen LogP contribution in [0.25, 0.3) is 10.9 Å². The number of hydrogen-bond acceptors (Lipinski definition) is 4. The van der Waals surface area contributed by atoms with E-state index in [2.05, 4.69) is 15.4 Å². The molecule has 0 spiro atoms. The van der Waals surface area contributed by atoms with Crippen LogP contribution in [-0.2, 0) is 0 Å². The third-order valence-electron chi connectivity index (χ3n) is 4.46. The minimum Gasteiger partial charge on any atom is -0.505 e. The Labute approximate surface area is 152 Å². The lowest BCUT2D eigenvalue weighted by molar-refractivity contribution is 0.0912. The summed E-state index contributed by atoms with van der Waals surface area (Å²) in [5.74, 6) is -0.0173. The number of fused-ring (bicyclic) bond motifs is 1. The summed E-state index contributed by atoms with van der Waals surface area (Å²) in [6.07, 6.45) is 3.27. The molecule has 1 aromatic carbocycles. The maximum atomic E-state index is 12.8. The van der Waals surface area contributed by atoms with Crippen molar-refractivity contribution in [3.05, 3.63) is 54.0 Å². The second kappa shape index (κ2) is 7.15. The average Bonchev–Trinajstić information content (AvgIpc) is 3.10. The first-order valence-corrected chi connectivity index (χ1v) is 8.81. The Morgan fingerprint density at radius 1 is 1.12 bits per heavy atom. The maximum absolute atomic E-state index is 12.8. The molecule has 0 aliphatic heterocycles. The lowest BCUT2D eigenvalue weighted by Crippen LogP contribution is -2.33. The molecule has 0 aliphatic rings. The first-order chi connectivity index (χ1) is 12.4. The van der Waals surface area contributed by atoms with Crippen molar-refractivity contribution in [3.8, 4) is 5.75 Å². The molecule has 6 heteroatoms. The van der Waals surface area contributed by atoms with Gasteiger partial charge in [0.05, 0.1) is 6.04 Å². The van der Waals surface area contributed by atoms with Crippen LogP contribution in [-0.4, -0.2) is 25.8 Å². The van der Waals surface area contributed by atoms with Crippen molar-refractivity contribution in [2.75, 3.05) is 0 Å². The highest BCUT2D eigenvalue weighted by Gasteiger charge is 2.25. The largest absolute Gasteiger partial charge is 0.505 e. The van der Waals surface area contributed by atoms with Crippen LogP contribution in [0.1, 0.15) is 55.8 Å². The number of aromatic hydroxyl groups is 1. The molecule has 0 aliphatic carbocycles. The van der Waals surface area contributed by atoms with E-state index in [-0.39, 0.29) is 29.7 Å². The number of hydrogen-bond donors (Lipinski definition) is 2. The second-order valence-electron chi connectivity index (χ2n) is 7.03. The van der Waals surface area contributed by atoms with Crippen molar-refractivity contribution >= 4 is 16.8 Å². The quantitative estimate of drug-likeness (QED) is 0.731. The van der Waals surface area contributed by atoms with Crippen molar-refractivity contribution in [2.45, 2.75) is 39.8 Å². The third-order valence-corrected chi connectivity index (χ3v) is 4.46. The topological polar surface area (TPSA) is 80.0 Å². The molecular formula is C20H24N4O2. The Morgan fingerprint density at radius 3 is 2.58 bits per heavy atom. The molecule has 1 unspecified atom stereocenters. The second-order valence-corrected chi connectivity index (χ2v) is 7.03. The Morgan fingerprint density at radius 2 is 1.88 bits per heavy atom. The summed E-state index contributed by atoms with van der Waals surface area (Å²) in [6, 6.07) is 8.94. The molecule has 0 fully saturated rings. The summed E-state index contributed by atoms with van der Waals surface area (Å²) in [5.41, 5.74) is 1.70. The standard InChI is InChI=1S/C20H24N4O2/c1-12(2)17(23-20(26)16-9-11-22-24(16)13(3)4)15-8-7-14-6-5-10-21-18(14)19(15)25/h5-13,17,25H,1-4H3,(H,23,26). The normalized spacial score (nSPS) is 12.7. The molecule has 0 radical (unpaired) electrons. The van der Waals surface area contributed by atoms with Crippen LogP contribution in [0.4, 0.5) is 0 Å². The minimum atomic E-state index is -0.343. The molecule has 6 nitrogen and oxygen atoms in total. The van der Waals surface area contributed by atoms with E-state index in [1.54, 1.807) is 23.1 Å². The highest BCUT2D eigenvalue weighted by Crippen LogP contribution is 2.34. The van der Waals surface area contributed by atoms with Gasteiger partial charge in [0.1, 0.15) is 17.0 Å². The predicted molar refractivity (Wildman–Crippen MR) is 101 cm³/mol. The van der Waals surface area contributed by atoms with Crippen LogP contribution in [0.5, 0.6) is 5.75 Å². The van der Waals surface area contributed by atoms with Crippen LogP contribution < -0.4 is 5.32 Å². The Hall–Kier alpha value is -2.89. The third kappa shape index (κ3) is 3.27. The number of nitrogens with one attached hydrogen (secondary N) is 1. The molecular weight excluding hydrogens is 328 g/mol. The lowest BCUT2D eigenvalue weighted by Gasteiger charge is -2.24. The van der Waals surface area contributed by atoms with Gasteiger partial charge in [-0.1, -0.05) is 32.0 Å². The molecule has 1 amide bonds. The van der Waals surface area contributed by atoms with E-state index < -0.39 is 0 Å². The molecule has 2 heterocycles. The average molecular weight is 352 g/mol.